The summed E-state index contributed by atoms with van der Waals surface area (Å²) in [5.74, 6) is -0.907. The number of rotatable bonds is 11. The van der Waals surface area contributed by atoms with Crippen LogP contribution < -0.4 is 16.0 Å². The Bertz CT molecular complexity index is 1070. The average molecular weight is 519 g/mol. The van der Waals surface area contributed by atoms with Gasteiger partial charge >= 0.3 is 5.97 Å². The first-order chi connectivity index (χ1) is 16.8. The van der Waals surface area contributed by atoms with Crippen LogP contribution >= 0.6 is 23.2 Å². The lowest BCUT2D eigenvalue weighted by atomic mass is 10.0. The molecule has 0 bridgehead atoms. The second-order valence-electron chi connectivity index (χ2n) is 8.24. The summed E-state index contributed by atoms with van der Waals surface area (Å²) in [6.07, 6.45) is 2.59. The summed E-state index contributed by atoms with van der Waals surface area (Å²) in [6, 6.07) is 10.6. The van der Waals surface area contributed by atoms with E-state index in [4.69, 9.17) is 23.2 Å². The predicted octanol–water partition coefficient (Wildman–Crippen LogP) is 3.25. The Balaban J connectivity index is 1.48. The maximum absolute atomic E-state index is 12.6. The maximum Gasteiger partial charge on any atom is 0.326 e. The first kappa shape index (κ1) is 26.5. The highest BCUT2D eigenvalue weighted by Crippen LogP contribution is 2.24. The highest BCUT2D eigenvalue weighted by Gasteiger charge is 2.23. The Kier molecular flexibility index (Phi) is 9.93. The standard InChI is InChI=1S/C25H28Cl2N4O4/c26-19-5-1-6-20(27)22(19)23(33)31-21(24(34)35)15-17-9-7-16(8-10-17)14-18(32)4-2-11-28-25-29-12-3-13-30-25/h1,5-10,21H,2-4,11-15H2,(H,31,33)(H,34,35)(H2,28,29,30)/t21-/m0/s1. The number of amides is 1. The SMILES string of the molecule is O=C(CCCNC1=NCCCN1)Cc1ccc(C[C@H](NC(=O)c2c(Cl)cccc2Cl)C(=O)O)cc1. The molecule has 3 rings (SSSR count). The van der Waals surface area contributed by atoms with E-state index in [-0.39, 0.29) is 27.8 Å². The second-order valence-corrected chi connectivity index (χ2v) is 9.05. The molecule has 1 atom stereocenters. The van der Waals surface area contributed by atoms with E-state index in [9.17, 15) is 19.5 Å². The number of benzene rings is 2. The van der Waals surface area contributed by atoms with Crippen LogP contribution in [-0.4, -0.2) is 54.4 Å². The molecule has 0 aromatic heterocycles. The summed E-state index contributed by atoms with van der Waals surface area (Å²) >= 11 is 12.1. The quantitative estimate of drug-likeness (QED) is 0.339. The van der Waals surface area contributed by atoms with Gasteiger partial charge in [0.2, 0.25) is 0 Å². The fraction of sp³-hybridized carbons (Fsp3) is 0.360. The van der Waals surface area contributed by atoms with Gasteiger partial charge in [0, 0.05) is 38.9 Å². The average Bonchev–Trinajstić information content (AvgIpc) is 2.83. The Labute approximate surface area is 214 Å². The molecule has 1 amide bonds. The van der Waals surface area contributed by atoms with Crippen molar-refractivity contribution in [1.82, 2.24) is 16.0 Å². The molecule has 2 aromatic carbocycles. The molecule has 0 unspecified atom stereocenters. The van der Waals surface area contributed by atoms with Gasteiger partial charge in [-0.2, -0.15) is 0 Å². The van der Waals surface area contributed by atoms with Crippen molar-refractivity contribution >= 4 is 46.8 Å². The van der Waals surface area contributed by atoms with Crippen LogP contribution in [0.1, 0.15) is 40.7 Å². The second kappa shape index (κ2) is 13.1. The molecule has 8 nitrogen and oxygen atoms in total. The minimum atomic E-state index is -1.18. The van der Waals surface area contributed by atoms with Crippen LogP contribution in [0.15, 0.2) is 47.5 Å². The number of halogens is 2. The van der Waals surface area contributed by atoms with Crippen LogP contribution in [0.3, 0.4) is 0 Å². The topological polar surface area (TPSA) is 120 Å². The van der Waals surface area contributed by atoms with E-state index < -0.39 is 17.9 Å². The summed E-state index contributed by atoms with van der Waals surface area (Å²) in [7, 11) is 0. The summed E-state index contributed by atoms with van der Waals surface area (Å²) < 4.78 is 0. The number of hydrogen-bond acceptors (Lipinski definition) is 6. The van der Waals surface area contributed by atoms with Gasteiger partial charge in [0.15, 0.2) is 5.96 Å². The maximum atomic E-state index is 12.6. The largest absolute Gasteiger partial charge is 0.480 e. The minimum absolute atomic E-state index is 0.0362. The lowest BCUT2D eigenvalue weighted by Crippen LogP contribution is -2.42. The molecule has 0 aliphatic carbocycles. The molecule has 0 radical (unpaired) electrons. The predicted molar refractivity (Wildman–Crippen MR) is 136 cm³/mol. The normalized spacial score (nSPS) is 13.8. The molecule has 4 N–H and O–H groups in total. The Morgan fingerprint density at radius 3 is 2.37 bits per heavy atom. The van der Waals surface area contributed by atoms with Gasteiger partial charge in [0.25, 0.3) is 5.91 Å². The zero-order chi connectivity index (χ0) is 25.2. The summed E-state index contributed by atoms with van der Waals surface area (Å²) in [5.41, 5.74) is 1.60. The van der Waals surface area contributed by atoms with Gasteiger partial charge in [-0.25, -0.2) is 4.79 Å². The highest BCUT2D eigenvalue weighted by molar-refractivity contribution is 6.39. The smallest absolute Gasteiger partial charge is 0.326 e. The molecule has 186 valence electrons. The number of guanidine groups is 1. The first-order valence-corrected chi connectivity index (χ1v) is 12.2. The number of nitrogens with zero attached hydrogens (tertiary/aromatic N) is 1. The molecule has 35 heavy (non-hydrogen) atoms. The van der Waals surface area contributed by atoms with E-state index in [0.717, 1.165) is 31.0 Å². The number of nitrogens with one attached hydrogen (secondary N) is 3. The van der Waals surface area contributed by atoms with Gasteiger partial charge < -0.3 is 21.1 Å². The zero-order valence-corrected chi connectivity index (χ0v) is 20.7. The van der Waals surface area contributed by atoms with Crippen molar-refractivity contribution in [2.45, 2.75) is 38.1 Å². The van der Waals surface area contributed by atoms with Gasteiger partial charge in [0.1, 0.15) is 11.8 Å². The van der Waals surface area contributed by atoms with Crippen molar-refractivity contribution in [2.24, 2.45) is 4.99 Å². The third-order valence-corrected chi connectivity index (χ3v) is 6.11. The van der Waals surface area contributed by atoms with Crippen molar-refractivity contribution in [1.29, 1.82) is 0 Å². The van der Waals surface area contributed by atoms with Crippen molar-refractivity contribution in [3.8, 4) is 0 Å². The van der Waals surface area contributed by atoms with Gasteiger partial charge in [0.05, 0.1) is 15.6 Å². The molecule has 1 aliphatic heterocycles. The Hall–Kier alpha value is -3.10. The highest BCUT2D eigenvalue weighted by atomic mass is 35.5. The van der Waals surface area contributed by atoms with Crippen molar-refractivity contribution in [2.75, 3.05) is 19.6 Å². The van der Waals surface area contributed by atoms with Crippen LogP contribution in [0.25, 0.3) is 0 Å². The zero-order valence-electron chi connectivity index (χ0n) is 19.2. The molecule has 0 spiro atoms. The molecule has 2 aromatic rings. The Morgan fingerprint density at radius 2 is 1.74 bits per heavy atom. The van der Waals surface area contributed by atoms with Crippen LogP contribution in [0.4, 0.5) is 0 Å². The van der Waals surface area contributed by atoms with Gasteiger partial charge in [-0.15, -0.1) is 0 Å². The van der Waals surface area contributed by atoms with Gasteiger partial charge in [-0.1, -0.05) is 53.5 Å². The third-order valence-electron chi connectivity index (χ3n) is 5.48. The van der Waals surface area contributed by atoms with Crippen LogP contribution in [0.2, 0.25) is 10.0 Å². The number of aliphatic imine (C=N–C) groups is 1. The number of ketones is 1. The lowest BCUT2D eigenvalue weighted by molar-refractivity contribution is -0.139. The monoisotopic (exact) mass is 518 g/mol. The van der Waals surface area contributed by atoms with Crippen LogP contribution in [-0.2, 0) is 22.4 Å². The first-order valence-electron chi connectivity index (χ1n) is 11.4. The fourth-order valence-corrected chi connectivity index (χ4v) is 4.20. The molecule has 10 heteroatoms. The third kappa shape index (κ3) is 8.26. The van der Waals surface area contributed by atoms with Gasteiger partial charge in [-0.05, 0) is 36.1 Å². The molecule has 1 heterocycles. The number of carboxylic acids is 1. The summed E-state index contributed by atoms with van der Waals surface area (Å²) in [5, 5.41) is 18.7. The summed E-state index contributed by atoms with van der Waals surface area (Å²) in [4.78, 5) is 40.9. The van der Waals surface area contributed by atoms with E-state index in [2.05, 4.69) is 20.9 Å². The van der Waals surface area contributed by atoms with E-state index in [0.29, 0.717) is 31.4 Å². The van der Waals surface area contributed by atoms with E-state index in [1.54, 1.807) is 30.3 Å². The van der Waals surface area contributed by atoms with Crippen molar-refractivity contribution in [3.05, 3.63) is 69.2 Å². The van der Waals surface area contributed by atoms with E-state index in [1.165, 1.54) is 12.1 Å². The summed E-state index contributed by atoms with van der Waals surface area (Å²) in [6.45, 7) is 2.41. The van der Waals surface area contributed by atoms with Crippen molar-refractivity contribution < 1.29 is 19.5 Å². The van der Waals surface area contributed by atoms with Crippen molar-refractivity contribution in [3.63, 3.8) is 0 Å². The van der Waals surface area contributed by atoms with E-state index in [1.807, 2.05) is 0 Å². The molecule has 0 fully saturated rings. The molecular formula is C25H28Cl2N4O4. The molecular weight excluding hydrogens is 491 g/mol. The van der Waals surface area contributed by atoms with Crippen LogP contribution in [0, 0.1) is 0 Å². The molecule has 0 saturated carbocycles. The number of carboxylic acid groups (broad SMARTS) is 1. The number of carbonyl (C=O) groups is 3. The van der Waals surface area contributed by atoms with Gasteiger partial charge in [-0.3, -0.25) is 14.6 Å². The molecule has 1 aliphatic rings. The van der Waals surface area contributed by atoms with E-state index >= 15 is 0 Å². The lowest BCUT2D eigenvalue weighted by Gasteiger charge is -2.16. The number of carbonyl (C=O) groups excluding carboxylic acids is 2. The Morgan fingerprint density at radius 1 is 1.06 bits per heavy atom. The molecule has 0 saturated heterocycles. The number of aliphatic carboxylic acids is 1. The van der Waals surface area contributed by atoms with Crippen LogP contribution in [0.5, 0.6) is 0 Å². The number of Topliss-reactive ketones (excluding diaryl/α,β-unsaturated/α-hetero) is 1. The fourth-order valence-electron chi connectivity index (χ4n) is 3.63. The minimum Gasteiger partial charge on any atom is -0.480 e. The number of hydrogen-bond donors (Lipinski definition) is 4.